The highest BCUT2D eigenvalue weighted by atomic mass is 16.5. The van der Waals surface area contributed by atoms with Crippen molar-refractivity contribution in [3.63, 3.8) is 0 Å². The van der Waals surface area contributed by atoms with E-state index in [4.69, 9.17) is 17.8 Å². The monoisotopic (exact) mass is 201 g/mol. The van der Waals surface area contributed by atoms with Gasteiger partial charge in [-0.05, 0) is 12.1 Å². The Labute approximate surface area is 88.0 Å². The molecule has 0 saturated heterocycles. The van der Waals surface area contributed by atoms with E-state index in [0.717, 1.165) is 0 Å². The van der Waals surface area contributed by atoms with Crippen molar-refractivity contribution in [1.82, 2.24) is 0 Å². The lowest BCUT2D eigenvalue weighted by atomic mass is 9.93. The third-order valence-corrected chi connectivity index (χ3v) is 2.23. The van der Waals surface area contributed by atoms with Gasteiger partial charge in [-0.15, -0.1) is 0 Å². The maximum atomic E-state index is 11.8. The van der Waals surface area contributed by atoms with Crippen molar-refractivity contribution in [3.05, 3.63) is 23.8 Å². The van der Waals surface area contributed by atoms with E-state index < -0.39 is 0 Å². The van der Waals surface area contributed by atoms with Crippen molar-refractivity contribution >= 4 is 24.8 Å². The van der Waals surface area contributed by atoms with Gasteiger partial charge in [0.2, 0.25) is 5.78 Å². The summed E-state index contributed by atoms with van der Waals surface area (Å²) in [6, 6.07) is 4.78. The Bertz CT molecular complexity index is 442. The summed E-state index contributed by atoms with van der Waals surface area (Å²) in [6.07, 6.45) is 0.296. The summed E-state index contributed by atoms with van der Waals surface area (Å²) in [5.41, 5.74) is 1.03. The molecule has 0 spiro atoms. The van der Waals surface area contributed by atoms with E-state index in [1.54, 1.807) is 18.2 Å². The zero-order chi connectivity index (χ0) is 10.8. The molecule has 1 aliphatic heterocycles. The quantitative estimate of drug-likeness (QED) is 0.372. The van der Waals surface area contributed by atoms with Gasteiger partial charge >= 0.3 is 0 Å². The van der Waals surface area contributed by atoms with E-state index in [-0.39, 0.29) is 11.5 Å². The Morgan fingerprint density at radius 3 is 3.00 bits per heavy atom. The smallest absolute Gasteiger partial charge is 0.214 e. The molecule has 0 aromatic heterocycles. The Balaban J connectivity index is 2.52. The maximum Gasteiger partial charge on any atom is 0.214 e. The van der Waals surface area contributed by atoms with Crippen LogP contribution in [0.4, 0.5) is 0 Å². The fourth-order valence-corrected chi connectivity index (χ4v) is 1.47. The molecular weight excluding hydrogens is 193 g/mol. The van der Waals surface area contributed by atoms with Gasteiger partial charge in [0.05, 0.1) is 12.2 Å². The normalized spacial score (nSPS) is 18.1. The number of ketones is 1. The molecule has 0 unspecified atom stereocenters. The predicted molar refractivity (Wildman–Crippen MR) is 55.5 cm³/mol. The molecule has 1 aromatic rings. The van der Waals surface area contributed by atoms with Gasteiger partial charge in [-0.25, -0.2) is 0 Å². The van der Waals surface area contributed by atoms with E-state index in [0.29, 0.717) is 29.8 Å². The van der Waals surface area contributed by atoms with Crippen LogP contribution in [0.2, 0.25) is 0 Å². The molecule has 15 heavy (non-hydrogen) atoms. The van der Waals surface area contributed by atoms with Crippen molar-refractivity contribution in [1.29, 1.82) is 0 Å². The molecule has 2 radical (unpaired) electrons. The SMILES string of the molecule is [B]c1ccc2c(c1)OCC/C(=N\O)C2=O. The molecule has 0 amide bonds. The fraction of sp³-hybridized carbons (Fsp3) is 0.200. The number of nitrogens with zero attached hydrogens (tertiary/aromatic N) is 1. The van der Waals surface area contributed by atoms with Crippen LogP contribution in [0.15, 0.2) is 23.4 Å². The van der Waals surface area contributed by atoms with Gasteiger partial charge in [-0.3, -0.25) is 4.79 Å². The average molecular weight is 201 g/mol. The number of ether oxygens (including phenoxy) is 1. The van der Waals surface area contributed by atoms with Gasteiger partial charge in [-0.1, -0.05) is 16.7 Å². The Morgan fingerprint density at radius 1 is 1.47 bits per heavy atom. The Hall–Kier alpha value is -1.78. The number of fused-ring (bicyclic) bond motifs is 1. The van der Waals surface area contributed by atoms with Crippen LogP contribution >= 0.6 is 0 Å². The summed E-state index contributed by atoms with van der Waals surface area (Å²) in [7, 11) is 5.57. The van der Waals surface area contributed by atoms with E-state index >= 15 is 0 Å². The van der Waals surface area contributed by atoms with Gasteiger partial charge in [0, 0.05) is 6.42 Å². The lowest BCUT2D eigenvalue weighted by Crippen LogP contribution is -2.14. The zero-order valence-corrected chi connectivity index (χ0v) is 7.93. The first kappa shape index (κ1) is 9.77. The molecule has 1 aromatic carbocycles. The molecule has 1 heterocycles. The van der Waals surface area contributed by atoms with Crippen molar-refractivity contribution in [3.8, 4) is 5.75 Å². The van der Waals surface area contributed by atoms with E-state index in [9.17, 15) is 4.79 Å². The molecule has 0 bridgehead atoms. The standard InChI is InChI=1S/C10H8BNO3/c11-6-1-2-7-9(5-6)15-4-3-8(12-14)10(7)13/h1-2,5,14H,3-4H2/b12-8+. The highest BCUT2D eigenvalue weighted by Crippen LogP contribution is 2.21. The molecule has 0 saturated carbocycles. The molecule has 4 nitrogen and oxygen atoms in total. The first-order valence-corrected chi connectivity index (χ1v) is 4.50. The number of carbonyl (C=O) groups is 1. The molecule has 1 aliphatic rings. The Morgan fingerprint density at radius 2 is 2.27 bits per heavy atom. The minimum absolute atomic E-state index is 0.110. The lowest BCUT2D eigenvalue weighted by Gasteiger charge is -2.05. The first-order valence-electron chi connectivity index (χ1n) is 4.50. The number of hydrogen-bond donors (Lipinski definition) is 1. The summed E-state index contributed by atoms with van der Waals surface area (Å²) in [5, 5.41) is 11.6. The van der Waals surface area contributed by atoms with E-state index in [1.165, 1.54) is 0 Å². The van der Waals surface area contributed by atoms with Crippen LogP contribution in [-0.4, -0.2) is 31.2 Å². The molecule has 74 valence electrons. The molecule has 0 atom stereocenters. The van der Waals surface area contributed by atoms with E-state index in [2.05, 4.69) is 5.16 Å². The van der Waals surface area contributed by atoms with Crippen LogP contribution in [0.3, 0.4) is 0 Å². The predicted octanol–water partition coefficient (Wildman–Crippen LogP) is 0.276. The molecule has 2 rings (SSSR count). The fourth-order valence-electron chi connectivity index (χ4n) is 1.47. The van der Waals surface area contributed by atoms with Gasteiger partial charge in [0.15, 0.2) is 0 Å². The number of Topliss-reactive ketones (excluding diaryl/α,β-unsaturated/α-hetero) is 1. The van der Waals surface area contributed by atoms with Crippen LogP contribution in [-0.2, 0) is 0 Å². The first-order chi connectivity index (χ1) is 7.22. The molecular formula is C10H8BNO3. The minimum atomic E-state index is -0.315. The Kier molecular flexibility index (Phi) is 2.45. The largest absolute Gasteiger partial charge is 0.492 e. The van der Waals surface area contributed by atoms with Crippen molar-refractivity contribution in [2.24, 2.45) is 5.16 Å². The second-order valence-electron chi connectivity index (χ2n) is 3.23. The zero-order valence-electron chi connectivity index (χ0n) is 7.93. The van der Waals surface area contributed by atoms with Crippen LogP contribution in [0, 0.1) is 0 Å². The van der Waals surface area contributed by atoms with Gasteiger partial charge in [-0.2, -0.15) is 0 Å². The summed E-state index contributed by atoms with van der Waals surface area (Å²) < 4.78 is 5.34. The summed E-state index contributed by atoms with van der Waals surface area (Å²) >= 11 is 0. The van der Waals surface area contributed by atoms with Crippen LogP contribution in [0.5, 0.6) is 5.75 Å². The minimum Gasteiger partial charge on any atom is -0.492 e. The van der Waals surface area contributed by atoms with Crippen molar-refractivity contribution in [2.75, 3.05) is 6.61 Å². The second kappa shape index (κ2) is 3.77. The van der Waals surface area contributed by atoms with Crippen LogP contribution in [0.25, 0.3) is 0 Å². The summed E-state index contributed by atoms with van der Waals surface area (Å²) in [6.45, 7) is 0.307. The van der Waals surface area contributed by atoms with Crippen molar-refractivity contribution < 1.29 is 14.7 Å². The lowest BCUT2D eigenvalue weighted by molar-refractivity contribution is 0.106. The van der Waals surface area contributed by atoms with E-state index in [1.807, 2.05) is 0 Å². The number of oxime groups is 1. The van der Waals surface area contributed by atoms with Gasteiger partial charge in [0.1, 0.15) is 19.3 Å². The summed E-state index contributed by atoms with van der Waals surface area (Å²) in [4.78, 5) is 11.8. The highest BCUT2D eigenvalue weighted by Gasteiger charge is 2.22. The molecule has 1 N–H and O–H groups in total. The molecule has 0 aliphatic carbocycles. The van der Waals surface area contributed by atoms with Crippen LogP contribution in [0.1, 0.15) is 16.8 Å². The number of benzene rings is 1. The molecule has 0 fully saturated rings. The summed E-state index contributed by atoms with van der Waals surface area (Å²) in [5.74, 6) is 0.128. The van der Waals surface area contributed by atoms with Gasteiger partial charge < -0.3 is 9.94 Å². The number of hydrogen-bond acceptors (Lipinski definition) is 4. The maximum absolute atomic E-state index is 11.8. The number of rotatable bonds is 0. The topological polar surface area (TPSA) is 58.9 Å². The average Bonchev–Trinajstić information content (AvgIpc) is 2.37. The number of carbonyl (C=O) groups excluding carboxylic acids is 1. The molecule has 5 heteroatoms. The second-order valence-corrected chi connectivity index (χ2v) is 3.23. The third kappa shape index (κ3) is 1.72. The highest BCUT2D eigenvalue weighted by molar-refractivity contribution is 6.47. The third-order valence-electron chi connectivity index (χ3n) is 2.23. The van der Waals surface area contributed by atoms with Crippen molar-refractivity contribution in [2.45, 2.75) is 6.42 Å². The van der Waals surface area contributed by atoms with Crippen LogP contribution < -0.4 is 10.2 Å². The van der Waals surface area contributed by atoms with Gasteiger partial charge in [0.25, 0.3) is 0 Å².